The summed E-state index contributed by atoms with van der Waals surface area (Å²) in [5.74, 6) is -4.01. The highest BCUT2D eigenvalue weighted by atomic mass is 32.2. The van der Waals surface area contributed by atoms with Crippen LogP contribution >= 0.6 is 0 Å². The van der Waals surface area contributed by atoms with Gasteiger partial charge < -0.3 is 29.7 Å². The zero-order valence-electron chi connectivity index (χ0n) is 34.1. The minimum Gasteiger partial charge on any atom is -0.494 e. The molecule has 19 heteroatoms. The molecule has 0 radical (unpaired) electrons. The van der Waals surface area contributed by atoms with Gasteiger partial charge in [-0.3, -0.25) is 19.1 Å². The number of carbonyl (C=O) groups excluding carboxylic acids is 4. The van der Waals surface area contributed by atoms with Gasteiger partial charge in [0.2, 0.25) is 33.4 Å². The van der Waals surface area contributed by atoms with E-state index in [-0.39, 0.29) is 36.4 Å². The van der Waals surface area contributed by atoms with Crippen LogP contribution in [0.15, 0.2) is 30.4 Å². The Hall–Kier alpha value is -4.68. The summed E-state index contributed by atoms with van der Waals surface area (Å²) >= 11 is 0. The fourth-order valence-electron chi connectivity index (χ4n) is 7.85. The van der Waals surface area contributed by atoms with Gasteiger partial charge in [-0.05, 0) is 90.2 Å². The highest BCUT2D eigenvalue weighted by Gasteiger charge is 2.62. The third-order valence-electron chi connectivity index (χ3n) is 11.1. The molecule has 2 saturated carbocycles. The lowest BCUT2D eigenvalue weighted by Crippen LogP contribution is -2.59. The van der Waals surface area contributed by atoms with E-state index in [1.165, 1.54) is 18.2 Å². The molecule has 0 spiro atoms. The van der Waals surface area contributed by atoms with Gasteiger partial charge in [-0.2, -0.15) is 13.2 Å². The number of fused-ring (bicyclic) bond motifs is 3. The highest BCUT2D eigenvalue weighted by molar-refractivity contribution is 7.91. The number of allylic oxidation sites excluding steroid dienone is 1. The number of hydrogen-bond donors (Lipinski definition) is 3. The molecule has 6 rings (SSSR count). The van der Waals surface area contributed by atoms with Crippen LogP contribution in [0.3, 0.4) is 0 Å². The summed E-state index contributed by atoms with van der Waals surface area (Å²) in [4.78, 5) is 65.6. The first-order valence-corrected chi connectivity index (χ1v) is 21.7. The van der Waals surface area contributed by atoms with Crippen molar-refractivity contribution in [1.82, 2.24) is 30.2 Å². The van der Waals surface area contributed by atoms with Crippen LogP contribution in [0.1, 0.15) is 98.6 Å². The van der Waals surface area contributed by atoms with E-state index in [1.54, 1.807) is 33.8 Å². The van der Waals surface area contributed by atoms with Crippen LogP contribution in [0.5, 0.6) is 11.6 Å². The van der Waals surface area contributed by atoms with Crippen molar-refractivity contribution in [2.45, 2.75) is 134 Å². The molecule has 1 saturated heterocycles. The molecule has 4 aliphatic rings. The van der Waals surface area contributed by atoms with Crippen molar-refractivity contribution < 1.29 is 55.0 Å². The molecular weight excluding hydrogens is 798 g/mol. The van der Waals surface area contributed by atoms with E-state index in [1.807, 2.05) is 19.9 Å². The fraction of sp³-hybridized carbons (Fsp3) is 0.650. The lowest BCUT2D eigenvalue weighted by Gasteiger charge is -2.34. The number of halogens is 3. The summed E-state index contributed by atoms with van der Waals surface area (Å²) in [6.45, 7) is 10.5. The number of ether oxygens (including phenoxy) is 3. The summed E-state index contributed by atoms with van der Waals surface area (Å²) in [6.07, 6.45) is -0.777. The predicted octanol–water partition coefficient (Wildman–Crippen LogP) is 5.17. The Morgan fingerprint density at radius 1 is 1.05 bits per heavy atom. The number of amides is 4. The van der Waals surface area contributed by atoms with E-state index in [9.17, 15) is 40.8 Å². The second-order valence-corrected chi connectivity index (χ2v) is 19.0. The molecule has 3 N–H and O–H groups in total. The average Bonchev–Trinajstić information content (AvgIpc) is 4.06. The third-order valence-corrected chi connectivity index (χ3v) is 12.9. The summed E-state index contributed by atoms with van der Waals surface area (Å²) in [7, 11) is -4.01. The number of aromatic nitrogens is 2. The minimum absolute atomic E-state index is 0.0436. The number of nitrogens with one attached hydrogen (secondary N) is 3. The Bertz CT molecular complexity index is 2090. The Kier molecular flexibility index (Phi) is 12.5. The second kappa shape index (κ2) is 16.8. The van der Waals surface area contributed by atoms with Gasteiger partial charge >= 0.3 is 12.3 Å². The van der Waals surface area contributed by atoms with Gasteiger partial charge in [0.1, 0.15) is 35.1 Å². The fourth-order valence-corrected chi connectivity index (χ4v) is 9.21. The molecule has 2 aliphatic carbocycles. The first kappa shape index (κ1) is 43.9. The van der Waals surface area contributed by atoms with Gasteiger partial charge in [0.15, 0.2) is 0 Å². The number of rotatable bonds is 9. The van der Waals surface area contributed by atoms with Crippen molar-refractivity contribution >= 4 is 44.9 Å². The molecule has 1 aromatic carbocycles. The van der Waals surface area contributed by atoms with Crippen LogP contribution < -0.4 is 24.8 Å². The second-order valence-electron chi connectivity index (χ2n) is 17.0. The lowest BCUT2D eigenvalue weighted by atomic mass is 9.85. The van der Waals surface area contributed by atoms with Crippen molar-refractivity contribution in [3.63, 3.8) is 0 Å². The molecule has 3 fully saturated rings. The van der Waals surface area contributed by atoms with Gasteiger partial charge in [0.05, 0.1) is 29.4 Å². The van der Waals surface area contributed by atoms with E-state index in [4.69, 9.17) is 14.2 Å². The Balaban J connectivity index is 1.39. The number of alkyl carbamates (subject to hydrolysis) is 1. The lowest BCUT2D eigenvalue weighted by molar-refractivity contribution is -0.143. The largest absolute Gasteiger partial charge is 0.494 e. The Labute approximate surface area is 341 Å². The number of hydrogen-bond acceptors (Lipinski definition) is 11. The monoisotopic (exact) mass is 850 g/mol. The molecule has 324 valence electrons. The summed E-state index contributed by atoms with van der Waals surface area (Å²) in [5.41, 5.74) is -4.05. The minimum atomic E-state index is -5.01. The van der Waals surface area contributed by atoms with Crippen LogP contribution in [0.4, 0.5) is 18.0 Å². The smallest absolute Gasteiger partial charge is 0.438 e. The molecule has 2 aromatic rings. The van der Waals surface area contributed by atoms with Crippen LogP contribution in [0.25, 0.3) is 11.0 Å². The van der Waals surface area contributed by atoms with E-state index in [2.05, 4.69) is 25.3 Å². The Morgan fingerprint density at radius 3 is 2.42 bits per heavy atom. The number of benzene rings is 1. The number of carbonyl (C=O) groups is 4. The number of alkyl halides is 3. The van der Waals surface area contributed by atoms with E-state index >= 15 is 0 Å². The molecule has 2 aliphatic heterocycles. The topological polar surface area (TPSA) is 195 Å². The van der Waals surface area contributed by atoms with E-state index < -0.39 is 105 Å². The number of sulfonamides is 1. The zero-order chi connectivity index (χ0) is 43.1. The molecule has 15 nitrogen and oxygen atoms in total. The normalized spacial score (nSPS) is 28.6. The molecular formula is C40H53F3N6O9S. The van der Waals surface area contributed by atoms with Crippen molar-refractivity contribution in [3.8, 4) is 11.6 Å². The third kappa shape index (κ3) is 10.2. The van der Waals surface area contributed by atoms with Crippen molar-refractivity contribution in [3.05, 3.63) is 36.0 Å². The van der Waals surface area contributed by atoms with Gasteiger partial charge in [0.25, 0.3) is 5.91 Å². The van der Waals surface area contributed by atoms with Crippen LogP contribution in [-0.4, -0.2) is 94.8 Å². The first-order chi connectivity index (χ1) is 27.6. The van der Waals surface area contributed by atoms with Gasteiger partial charge in [-0.1, -0.05) is 32.4 Å². The quantitative estimate of drug-likeness (QED) is 0.282. The molecule has 4 amide bonds. The van der Waals surface area contributed by atoms with Crippen LogP contribution in [-0.2, 0) is 35.3 Å². The van der Waals surface area contributed by atoms with Crippen LogP contribution in [0.2, 0.25) is 0 Å². The molecule has 0 unspecified atom stereocenters. The van der Waals surface area contributed by atoms with Gasteiger partial charge in [-0.25, -0.2) is 23.2 Å². The summed E-state index contributed by atoms with van der Waals surface area (Å²) in [6, 6.07) is 1.56. The van der Waals surface area contributed by atoms with Crippen molar-refractivity contribution in [1.29, 1.82) is 0 Å². The predicted molar refractivity (Wildman–Crippen MR) is 208 cm³/mol. The first-order valence-electron chi connectivity index (χ1n) is 20.2. The molecule has 1 aromatic heterocycles. The average molecular weight is 851 g/mol. The maximum absolute atomic E-state index is 14.9. The maximum Gasteiger partial charge on any atom is 0.438 e. The standard InChI is InChI=1S/C40H53F3N6O9S/c1-7-23-17-22(3)11-9-10-12-24-20-39(24,36(52)48-59(54,55)27-14-15-27)47-33(50)30-19-26(21-49(30)35(51)31(23)46-37(53)58-38(4,5)6)57-34-32(40(41,42)43)44-28-16-13-25(56-8-2)18-29(28)45-34/h10,12-13,16,18,22-24,26-27,30-31H,7-9,11,14-15,17,19-21H2,1-6H3,(H,46,53)(H,47,50)(H,48,52)/b12-10-/t22-,23-,24-,26-,30+,31+,39-/m1/s1. The molecule has 0 bridgehead atoms. The highest BCUT2D eigenvalue weighted by Crippen LogP contribution is 2.46. The molecule has 3 heterocycles. The van der Waals surface area contributed by atoms with Crippen molar-refractivity contribution in [2.24, 2.45) is 17.8 Å². The Morgan fingerprint density at radius 2 is 1.78 bits per heavy atom. The van der Waals surface area contributed by atoms with Crippen molar-refractivity contribution in [2.75, 3.05) is 13.2 Å². The summed E-state index contributed by atoms with van der Waals surface area (Å²) in [5, 5.41) is 4.75. The van der Waals surface area contributed by atoms with Crippen LogP contribution in [0, 0.1) is 17.8 Å². The van der Waals surface area contributed by atoms with E-state index in [0.29, 0.717) is 44.3 Å². The summed E-state index contributed by atoms with van der Waals surface area (Å²) < 4.78 is 88.4. The van der Waals surface area contributed by atoms with Gasteiger partial charge in [-0.15, -0.1) is 0 Å². The maximum atomic E-state index is 14.9. The molecule has 7 atom stereocenters. The SMILES string of the molecule is CCOc1ccc2nc(C(F)(F)F)c(O[C@@H]3C[C@H]4C(=O)N[C@]5(C(=O)NS(=O)(=O)C6CC6)C[C@H]5/C=C\CC[C@@H](C)C[C@@H](CC)[C@H](NC(=O)OC(C)(C)C)C(=O)N4C3)nc2c1. The van der Waals surface area contributed by atoms with E-state index in [0.717, 1.165) is 4.90 Å². The zero-order valence-corrected chi connectivity index (χ0v) is 34.9. The molecule has 59 heavy (non-hydrogen) atoms. The number of nitrogens with zero attached hydrogens (tertiary/aromatic N) is 3. The van der Waals surface area contributed by atoms with Gasteiger partial charge in [0, 0.05) is 18.4 Å².